The van der Waals surface area contributed by atoms with Crippen LogP contribution in [0.3, 0.4) is 0 Å². The van der Waals surface area contributed by atoms with Gasteiger partial charge in [-0.05, 0) is 60.3 Å². The molecule has 0 bridgehead atoms. The number of Topliss-reactive ketones (excluding diaryl/α,β-unsaturated/α-hetero) is 1. The minimum absolute atomic E-state index is 0.141. The van der Waals surface area contributed by atoms with E-state index in [1.54, 1.807) is 35.7 Å². The van der Waals surface area contributed by atoms with Crippen molar-refractivity contribution in [1.29, 1.82) is 0 Å². The summed E-state index contributed by atoms with van der Waals surface area (Å²) in [6.45, 7) is 2.12. The maximum Gasteiger partial charge on any atom is 0.270 e. The van der Waals surface area contributed by atoms with Gasteiger partial charge in [0.1, 0.15) is 16.4 Å². The topological polar surface area (TPSA) is 75.7 Å². The fourth-order valence-corrected chi connectivity index (χ4v) is 6.19. The number of carbonyl (C=O) groups excluding carboxylic acids is 1. The number of nitrogens with zero attached hydrogens (tertiary/aromatic N) is 1. The van der Waals surface area contributed by atoms with Gasteiger partial charge in [-0.2, -0.15) is 0 Å². The van der Waals surface area contributed by atoms with E-state index in [1.807, 2.05) is 61.5 Å². The van der Waals surface area contributed by atoms with Gasteiger partial charge in [0.25, 0.3) is 10.0 Å². The summed E-state index contributed by atoms with van der Waals surface area (Å²) in [5.74, 6) is 0.851. The molecule has 0 radical (unpaired) electrons. The minimum atomic E-state index is -4.06. The van der Waals surface area contributed by atoms with Gasteiger partial charge in [0.05, 0.1) is 12.2 Å². The van der Waals surface area contributed by atoms with Crippen LogP contribution in [0.25, 0.3) is 0 Å². The number of nitrogens with one attached hydrogen (secondary N) is 1. The van der Waals surface area contributed by atoms with Crippen molar-refractivity contribution in [2.45, 2.75) is 13.5 Å². The molecular weight excluding hydrogens is 480 g/mol. The highest BCUT2D eigenvalue weighted by Crippen LogP contribution is 2.39. The molecule has 0 saturated heterocycles. The highest BCUT2D eigenvalue weighted by Gasteiger charge is 2.41. The molecule has 0 fully saturated rings. The van der Waals surface area contributed by atoms with Gasteiger partial charge in [-0.25, -0.2) is 8.42 Å². The Morgan fingerprint density at radius 3 is 2.31 bits per heavy atom. The summed E-state index contributed by atoms with van der Waals surface area (Å²) in [5.41, 5.74) is 2.97. The first-order chi connectivity index (χ1) is 16.9. The molecule has 0 aliphatic carbocycles. The molecular formula is C27H22N2O4S2. The van der Waals surface area contributed by atoms with Gasteiger partial charge in [-0.15, -0.1) is 11.3 Å². The summed E-state index contributed by atoms with van der Waals surface area (Å²) in [6, 6.07) is 25.8. The number of rotatable bonds is 6. The molecule has 0 unspecified atom stereocenters. The molecule has 8 heteroatoms. The molecule has 1 N–H and O–H groups in total. The number of thiophene rings is 1. The number of carbonyl (C=O) groups is 1. The first kappa shape index (κ1) is 22.9. The second-order valence-electron chi connectivity index (χ2n) is 8.05. The normalized spacial score (nSPS) is 15.6. The number of aryl methyl sites for hydroxylation is 1. The number of hydrogen-bond donors (Lipinski definition) is 1. The van der Waals surface area contributed by atoms with E-state index in [2.05, 4.69) is 5.32 Å². The number of anilines is 2. The second kappa shape index (κ2) is 9.40. The number of fused-ring (bicyclic) bond motifs is 1. The van der Waals surface area contributed by atoms with Crippen LogP contribution in [0.4, 0.5) is 11.4 Å². The van der Waals surface area contributed by atoms with Gasteiger partial charge < -0.3 is 10.1 Å². The number of ketones is 1. The van der Waals surface area contributed by atoms with Gasteiger partial charge >= 0.3 is 0 Å². The summed E-state index contributed by atoms with van der Waals surface area (Å²) >= 11 is 1.24. The summed E-state index contributed by atoms with van der Waals surface area (Å²) in [7, 11) is -4.06. The second-order valence-corrected chi connectivity index (χ2v) is 10.8. The van der Waals surface area contributed by atoms with Crippen molar-refractivity contribution in [2.24, 2.45) is 0 Å². The fraction of sp³-hybridized carbons (Fsp3) is 0.0741. The summed E-state index contributed by atoms with van der Waals surface area (Å²) in [5, 5.41) is 4.70. The molecule has 0 amide bonds. The van der Waals surface area contributed by atoms with Gasteiger partial charge in [0.2, 0.25) is 5.78 Å². The van der Waals surface area contributed by atoms with Crippen molar-refractivity contribution in [3.8, 4) is 11.5 Å². The third-order valence-corrected chi connectivity index (χ3v) is 8.23. The number of ether oxygens (including phenoxy) is 1. The molecule has 3 aromatic carbocycles. The van der Waals surface area contributed by atoms with Crippen LogP contribution in [0.15, 0.2) is 101 Å². The molecule has 35 heavy (non-hydrogen) atoms. The monoisotopic (exact) mass is 502 g/mol. The van der Waals surface area contributed by atoms with Crippen LogP contribution >= 0.6 is 11.3 Å². The van der Waals surface area contributed by atoms with Crippen molar-refractivity contribution in [3.63, 3.8) is 0 Å². The minimum Gasteiger partial charge on any atom is -0.457 e. The van der Waals surface area contributed by atoms with Gasteiger partial charge in [-0.1, -0.05) is 48.0 Å². The van der Waals surface area contributed by atoms with E-state index in [-0.39, 0.29) is 11.4 Å². The molecule has 2 heterocycles. The van der Waals surface area contributed by atoms with Crippen molar-refractivity contribution in [3.05, 3.63) is 117 Å². The van der Waals surface area contributed by atoms with E-state index in [0.717, 1.165) is 16.9 Å². The molecule has 0 atom stereocenters. The third-order valence-electron chi connectivity index (χ3n) is 5.56. The lowest BCUT2D eigenvalue weighted by atomic mass is 10.1. The Kier molecular flexibility index (Phi) is 6.15. The van der Waals surface area contributed by atoms with Gasteiger partial charge in [0.15, 0.2) is 4.91 Å². The average molecular weight is 503 g/mol. The van der Waals surface area contributed by atoms with E-state index >= 15 is 0 Å². The van der Waals surface area contributed by atoms with Crippen molar-refractivity contribution >= 4 is 38.5 Å². The molecule has 1 aliphatic rings. The molecule has 5 rings (SSSR count). The lowest BCUT2D eigenvalue weighted by molar-refractivity contribution is 0.104. The zero-order chi connectivity index (χ0) is 24.4. The summed E-state index contributed by atoms with van der Waals surface area (Å²) in [4.78, 5) is 13.2. The van der Waals surface area contributed by atoms with Crippen LogP contribution in [-0.2, 0) is 16.6 Å². The smallest absolute Gasteiger partial charge is 0.270 e. The molecule has 1 aromatic heterocycles. The zero-order valence-electron chi connectivity index (χ0n) is 18.8. The Hall–Kier alpha value is -3.88. The average Bonchev–Trinajstić information content (AvgIpc) is 3.34. The summed E-state index contributed by atoms with van der Waals surface area (Å²) in [6.07, 6.45) is 1.27. The first-order valence-corrected chi connectivity index (χ1v) is 13.2. The van der Waals surface area contributed by atoms with Crippen molar-refractivity contribution in [1.82, 2.24) is 0 Å². The van der Waals surface area contributed by atoms with E-state index in [4.69, 9.17) is 4.74 Å². The Balaban J connectivity index is 1.40. The van der Waals surface area contributed by atoms with Gasteiger partial charge in [0, 0.05) is 11.9 Å². The number of sulfonamides is 1. The SMILES string of the molecule is Cc1ccc(CN2c3ccsc3C(=O)C(=CNc3ccc(Oc4ccccc4)cc3)S2(=O)=O)cc1. The highest BCUT2D eigenvalue weighted by molar-refractivity contribution is 7.97. The number of hydrogen-bond acceptors (Lipinski definition) is 6. The highest BCUT2D eigenvalue weighted by atomic mass is 32.2. The van der Waals surface area contributed by atoms with E-state index in [1.165, 1.54) is 21.8 Å². The molecule has 1 aliphatic heterocycles. The van der Waals surface area contributed by atoms with E-state index in [9.17, 15) is 13.2 Å². The predicted octanol–water partition coefficient (Wildman–Crippen LogP) is 6.34. The molecule has 0 spiro atoms. The first-order valence-electron chi connectivity index (χ1n) is 10.9. The van der Waals surface area contributed by atoms with Crippen LogP contribution in [0.2, 0.25) is 0 Å². The number of benzene rings is 3. The van der Waals surface area contributed by atoms with Crippen molar-refractivity contribution in [2.75, 3.05) is 9.62 Å². The zero-order valence-corrected chi connectivity index (χ0v) is 20.5. The largest absolute Gasteiger partial charge is 0.457 e. The van der Waals surface area contributed by atoms with E-state index in [0.29, 0.717) is 22.0 Å². The predicted molar refractivity (Wildman–Crippen MR) is 140 cm³/mol. The van der Waals surface area contributed by atoms with Crippen LogP contribution in [0, 0.1) is 6.92 Å². The van der Waals surface area contributed by atoms with Crippen LogP contribution in [0.1, 0.15) is 20.8 Å². The Morgan fingerprint density at radius 1 is 0.914 bits per heavy atom. The standard InChI is InChI=1S/C27H22N2O4S2/c1-19-7-9-20(10-8-19)18-29-24-15-16-34-27(24)26(30)25(35(29,31)32)17-28-21-11-13-23(14-12-21)33-22-5-3-2-4-6-22/h2-17,28H,18H2,1H3. The molecule has 4 aromatic rings. The lowest BCUT2D eigenvalue weighted by Gasteiger charge is -2.29. The van der Waals surface area contributed by atoms with Crippen LogP contribution in [-0.4, -0.2) is 14.2 Å². The quantitative estimate of drug-likeness (QED) is 0.312. The van der Waals surface area contributed by atoms with Crippen LogP contribution in [0.5, 0.6) is 11.5 Å². The Bertz CT molecular complexity index is 1490. The molecule has 6 nitrogen and oxygen atoms in total. The maximum absolute atomic E-state index is 13.5. The fourth-order valence-electron chi connectivity index (χ4n) is 3.71. The molecule has 0 saturated carbocycles. The lowest BCUT2D eigenvalue weighted by Crippen LogP contribution is -2.38. The molecule has 176 valence electrons. The Labute approximate surface area is 208 Å². The van der Waals surface area contributed by atoms with E-state index < -0.39 is 15.8 Å². The Morgan fingerprint density at radius 2 is 1.60 bits per heavy atom. The van der Waals surface area contributed by atoms with Crippen LogP contribution < -0.4 is 14.4 Å². The number of para-hydroxylation sites is 1. The van der Waals surface area contributed by atoms with Gasteiger partial charge in [-0.3, -0.25) is 9.10 Å². The maximum atomic E-state index is 13.5. The third kappa shape index (κ3) is 4.71. The summed E-state index contributed by atoms with van der Waals surface area (Å²) < 4.78 is 34.1. The number of allylic oxidation sites excluding steroid dienone is 1. The van der Waals surface area contributed by atoms with Crippen molar-refractivity contribution < 1.29 is 17.9 Å².